The standard InChI is InChI=1S/C43H81O10P/c1-3-5-7-9-11-13-15-17-18-19-20-21-23-25-27-29-31-33-35-43(47)53-41(37-45)39-51-54(48,49)50-38-40(36-44)52-42(46)34-32-30-28-26-24-22-16-14-12-10-8-6-4-2/h13,15,18-19,40-41,44-45H,3-12,14,16-17,20-39H2,1-2H3,(H,48,49)/b15-13-,19-18-. The molecule has 3 atom stereocenters. The van der Waals surface area contributed by atoms with E-state index in [9.17, 15) is 29.3 Å². The fraction of sp³-hybridized carbons (Fsp3) is 0.860. The van der Waals surface area contributed by atoms with Gasteiger partial charge in [0, 0.05) is 12.8 Å². The van der Waals surface area contributed by atoms with Crippen molar-refractivity contribution in [3.05, 3.63) is 24.3 Å². The van der Waals surface area contributed by atoms with E-state index in [1.54, 1.807) is 0 Å². The molecule has 0 saturated heterocycles. The molecule has 0 rings (SSSR count). The van der Waals surface area contributed by atoms with Crippen LogP contribution in [0, 0.1) is 0 Å². The number of carbonyl (C=O) groups excluding carboxylic acids is 2. The fourth-order valence-corrected chi connectivity index (χ4v) is 6.81. The summed E-state index contributed by atoms with van der Waals surface area (Å²) < 4.78 is 32.6. The van der Waals surface area contributed by atoms with Crippen molar-refractivity contribution < 1.29 is 47.8 Å². The summed E-state index contributed by atoms with van der Waals surface area (Å²) >= 11 is 0. The second kappa shape index (κ2) is 39.7. The number of aliphatic hydroxyl groups is 2. The number of phosphoric acid groups is 1. The first-order valence-electron chi connectivity index (χ1n) is 21.8. The minimum Gasteiger partial charge on any atom is -0.457 e. The smallest absolute Gasteiger partial charge is 0.457 e. The Morgan fingerprint density at radius 3 is 1.17 bits per heavy atom. The lowest BCUT2D eigenvalue weighted by atomic mass is 10.0. The summed E-state index contributed by atoms with van der Waals surface area (Å²) in [5, 5.41) is 19.1. The number of aliphatic hydroxyl groups excluding tert-OH is 2. The molecule has 0 saturated carbocycles. The summed E-state index contributed by atoms with van der Waals surface area (Å²) in [7, 11) is -4.63. The van der Waals surface area contributed by atoms with Crippen LogP contribution in [0.1, 0.15) is 200 Å². The fourth-order valence-electron chi connectivity index (χ4n) is 6.03. The third-order valence-electron chi connectivity index (χ3n) is 9.42. The number of carbonyl (C=O) groups is 2. The first-order chi connectivity index (χ1) is 26.3. The van der Waals surface area contributed by atoms with Crippen molar-refractivity contribution >= 4 is 19.8 Å². The number of unbranched alkanes of at least 4 members (excludes halogenated alkanes) is 23. The number of ether oxygens (including phenoxy) is 2. The average molecular weight is 789 g/mol. The molecular weight excluding hydrogens is 707 g/mol. The monoisotopic (exact) mass is 789 g/mol. The molecule has 0 radical (unpaired) electrons. The van der Waals surface area contributed by atoms with Gasteiger partial charge in [0.15, 0.2) is 0 Å². The largest absolute Gasteiger partial charge is 0.472 e. The first-order valence-corrected chi connectivity index (χ1v) is 23.3. The van der Waals surface area contributed by atoms with Crippen LogP contribution >= 0.6 is 7.82 Å². The highest BCUT2D eigenvalue weighted by molar-refractivity contribution is 7.47. The van der Waals surface area contributed by atoms with Gasteiger partial charge in [0.2, 0.25) is 0 Å². The number of hydrogen-bond donors (Lipinski definition) is 3. The molecule has 0 spiro atoms. The van der Waals surface area contributed by atoms with Gasteiger partial charge in [0.05, 0.1) is 26.4 Å². The minimum absolute atomic E-state index is 0.185. The average Bonchev–Trinajstić information content (AvgIpc) is 3.16. The molecule has 0 aliphatic carbocycles. The predicted molar refractivity (Wildman–Crippen MR) is 219 cm³/mol. The van der Waals surface area contributed by atoms with Crippen molar-refractivity contribution in [2.75, 3.05) is 26.4 Å². The Morgan fingerprint density at radius 1 is 0.500 bits per heavy atom. The molecule has 0 bridgehead atoms. The summed E-state index contributed by atoms with van der Waals surface area (Å²) in [6.45, 7) is 2.19. The van der Waals surface area contributed by atoms with Crippen molar-refractivity contribution in [3.8, 4) is 0 Å². The van der Waals surface area contributed by atoms with Crippen LogP contribution in [-0.4, -0.2) is 65.7 Å². The topological polar surface area (TPSA) is 149 Å². The highest BCUT2D eigenvalue weighted by atomic mass is 31.2. The summed E-state index contributed by atoms with van der Waals surface area (Å²) in [4.78, 5) is 34.5. The van der Waals surface area contributed by atoms with Crippen LogP contribution in [0.5, 0.6) is 0 Å². The third kappa shape index (κ3) is 37.4. The van der Waals surface area contributed by atoms with Crippen LogP contribution < -0.4 is 0 Å². The molecule has 10 nitrogen and oxygen atoms in total. The Morgan fingerprint density at radius 2 is 0.815 bits per heavy atom. The predicted octanol–water partition coefficient (Wildman–Crippen LogP) is 11.4. The summed E-state index contributed by atoms with van der Waals surface area (Å²) in [5.41, 5.74) is 0. The number of rotatable bonds is 41. The minimum atomic E-state index is -4.63. The lowest BCUT2D eigenvalue weighted by Gasteiger charge is -2.20. The maximum absolute atomic E-state index is 12.3. The van der Waals surface area contributed by atoms with Crippen molar-refractivity contribution in [1.29, 1.82) is 0 Å². The Hall–Kier alpha value is -1.55. The molecule has 3 unspecified atom stereocenters. The molecule has 54 heavy (non-hydrogen) atoms. The van der Waals surface area contributed by atoms with E-state index in [1.165, 1.54) is 109 Å². The van der Waals surface area contributed by atoms with Gasteiger partial charge in [-0.1, -0.05) is 167 Å². The van der Waals surface area contributed by atoms with Crippen molar-refractivity contribution in [2.24, 2.45) is 0 Å². The number of hydrogen-bond acceptors (Lipinski definition) is 9. The van der Waals surface area contributed by atoms with Crippen molar-refractivity contribution in [2.45, 2.75) is 212 Å². The molecule has 11 heteroatoms. The molecular formula is C43H81O10P. The van der Waals surface area contributed by atoms with Gasteiger partial charge in [-0.3, -0.25) is 18.6 Å². The quantitative estimate of drug-likeness (QED) is 0.0236. The van der Waals surface area contributed by atoms with Gasteiger partial charge in [-0.2, -0.15) is 0 Å². The Bertz CT molecular complexity index is 957. The van der Waals surface area contributed by atoms with Crippen LogP contribution in [0.3, 0.4) is 0 Å². The lowest BCUT2D eigenvalue weighted by molar-refractivity contribution is -0.153. The zero-order chi connectivity index (χ0) is 39.8. The van der Waals surface area contributed by atoms with Crippen molar-refractivity contribution in [1.82, 2.24) is 0 Å². The Labute approximate surface area is 329 Å². The van der Waals surface area contributed by atoms with Crippen LogP contribution in [-0.2, 0) is 32.7 Å². The van der Waals surface area contributed by atoms with E-state index < -0.39 is 58.4 Å². The van der Waals surface area contributed by atoms with E-state index in [4.69, 9.17) is 18.5 Å². The molecule has 318 valence electrons. The molecule has 0 amide bonds. The van der Waals surface area contributed by atoms with Gasteiger partial charge < -0.3 is 24.6 Å². The Kier molecular flexibility index (Phi) is 38.5. The molecule has 0 aliphatic heterocycles. The van der Waals surface area contributed by atoms with Gasteiger partial charge in [-0.05, 0) is 44.9 Å². The van der Waals surface area contributed by atoms with E-state index in [0.717, 1.165) is 51.4 Å². The van der Waals surface area contributed by atoms with E-state index >= 15 is 0 Å². The number of phosphoric ester groups is 1. The third-order valence-corrected chi connectivity index (χ3v) is 10.4. The van der Waals surface area contributed by atoms with Crippen LogP contribution in [0.15, 0.2) is 24.3 Å². The SMILES string of the molecule is CCCCCC/C=C\C/C=C\CCCCCCCCCC(=O)OC(CO)COP(=O)(O)OCC(CO)OC(=O)CCCCCCCCCCCCCCC. The van der Waals surface area contributed by atoms with Gasteiger partial charge >= 0.3 is 19.8 Å². The maximum Gasteiger partial charge on any atom is 0.472 e. The van der Waals surface area contributed by atoms with Crippen LogP contribution in [0.2, 0.25) is 0 Å². The first kappa shape index (κ1) is 52.5. The van der Waals surface area contributed by atoms with Crippen LogP contribution in [0.25, 0.3) is 0 Å². The number of allylic oxidation sites excluding steroid dienone is 4. The molecule has 0 aliphatic rings. The van der Waals surface area contributed by atoms with E-state index in [0.29, 0.717) is 12.8 Å². The second-order valence-corrected chi connectivity index (χ2v) is 16.1. The Balaban J connectivity index is 3.92. The van der Waals surface area contributed by atoms with Crippen LogP contribution in [0.4, 0.5) is 0 Å². The zero-order valence-electron chi connectivity index (χ0n) is 34.4. The zero-order valence-corrected chi connectivity index (χ0v) is 35.3. The maximum atomic E-state index is 12.3. The molecule has 0 aromatic carbocycles. The molecule has 0 aromatic rings. The van der Waals surface area contributed by atoms with E-state index in [-0.39, 0.29) is 12.8 Å². The molecule has 0 fully saturated rings. The van der Waals surface area contributed by atoms with Gasteiger partial charge in [-0.15, -0.1) is 0 Å². The molecule has 3 N–H and O–H groups in total. The summed E-state index contributed by atoms with van der Waals surface area (Å²) in [6.07, 6.45) is 38.6. The van der Waals surface area contributed by atoms with Gasteiger partial charge in [0.25, 0.3) is 0 Å². The normalized spacial score (nSPS) is 14.1. The highest BCUT2D eigenvalue weighted by Crippen LogP contribution is 2.43. The number of esters is 2. The van der Waals surface area contributed by atoms with E-state index in [1.807, 2.05) is 0 Å². The van der Waals surface area contributed by atoms with Gasteiger partial charge in [0.1, 0.15) is 12.2 Å². The molecule has 0 aromatic heterocycles. The summed E-state index contributed by atoms with van der Waals surface area (Å²) in [6, 6.07) is 0. The highest BCUT2D eigenvalue weighted by Gasteiger charge is 2.27. The second-order valence-electron chi connectivity index (χ2n) is 14.7. The van der Waals surface area contributed by atoms with Crippen molar-refractivity contribution in [3.63, 3.8) is 0 Å². The summed E-state index contributed by atoms with van der Waals surface area (Å²) in [5.74, 6) is -1.02. The molecule has 0 heterocycles. The van der Waals surface area contributed by atoms with E-state index in [2.05, 4.69) is 38.2 Å². The lowest BCUT2D eigenvalue weighted by Crippen LogP contribution is -2.28. The van der Waals surface area contributed by atoms with Gasteiger partial charge in [-0.25, -0.2) is 4.57 Å².